The van der Waals surface area contributed by atoms with Gasteiger partial charge in [0.05, 0.1) is 6.61 Å². The largest absolute Gasteiger partial charge is 0.381 e. The molecular formula is C16H23NO. The molecule has 2 heteroatoms. The van der Waals surface area contributed by atoms with Crippen molar-refractivity contribution in [3.05, 3.63) is 35.4 Å². The van der Waals surface area contributed by atoms with Gasteiger partial charge in [-0.2, -0.15) is 0 Å². The number of hydrogen-bond acceptors (Lipinski definition) is 2. The third-order valence-electron chi connectivity index (χ3n) is 4.93. The highest BCUT2D eigenvalue weighted by atomic mass is 16.5. The lowest BCUT2D eigenvalue weighted by Gasteiger charge is -2.45. The number of nitrogens with two attached hydrogens (primary N) is 1. The minimum absolute atomic E-state index is 0.176. The summed E-state index contributed by atoms with van der Waals surface area (Å²) in [6.07, 6.45) is 6.17. The van der Waals surface area contributed by atoms with Crippen LogP contribution in [0.3, 0.4) is 0 Å². The molecule has 0 radical (unpaired) electrons. The zero-order valence-electron chi connectivity index (χ0n) is 11.0. The van der Waals surface area contributed by atoms with Crippen molar-refractivity contribution in [1.29, 1.82) is 0 Å². The van der Waals surface area contributed by atoms with E-state index in [1.165, 1.54) is 43.2 Å². The van der Waals surface area contributed by atoms with E-state index in [4.69, 9.17) is 10.5 Å². The molecule has 2 nitrogen and oxygen atoms in total. The molecule has 18 heavy (non-hydrogen) atoms. The molecule has 2 aliphatic rings. The Bertz CT molecular complexity index is 411. The minimum atomic E-state index is 0.176. The summed E-state index contributed by atoms with van der Waals surface area (Å²) in [5.74, 6) is 0.609. The number of rotatable bonds is 2. The lowest BCUT2D eigenvalue weighted by molar-refractivity contribution is 0.0158. The Morgan fingerprint density at radius 3 is 2.94 bits per heavy atom. The van der Waals surface area contributed by atoms with E-state index in [1.807, 2.05) is 0 Å². The molecule has 1 aliphatic heterocycles. The summed E-state index contributed by atoms with van der Waals surface area (Å²) in [4.78, 5) is 0. The van der Waals surface area contributed by atoms with E-state index >= 15 is 0 Å². The molecule has 2 unspecified atom stereocenters. The van der Waals surface area contributed by atoms with Crippen molar-refractivity contribution >= 4 is 0 Å². The smallest absolute Gasteiger partial charge is 0.0503 e. The second kappa shape index (κ2) is 5.02. The first kappa shape index (κ1) is 12.2. The Hall–Kier alpha value is -0.860. The molecule has 0 aromatic heterocycles. The first-order chi connectivity index (χ1) is 8.87. The van der Waals surface area contributed by atoms with Crippen molar-refractivity contribution in [1.82, 2.24) is 0 Å². The normalized spacial score (nSPS) is 31.9. The standard InChI is InChI=1S/C16H23NO/c17-12-16(14-7-4-10-18-11-14)9-3-6-13-5-1-2-8-15(13)16/h1-2,5,8,14H,3-4,6-7,9-12,17H2. The van der Waals surface area contributed by atoms with Gasteiger partial charge in [0.15, 0.2) is 0 Å². The monoisotopic (exact) mass is 245 g/mol. The first-order valence-electron chi connectivity index (χ1n) is 7.23. The fraction of sp³-hybridized carbons (Fsp3) is 0.625. The SMILES string of the molecule is NCC1(C2CCCOC2)CCCc2ccccc21. The van der Waals surface area contributed by atoms with E-state index in [9.17, 15) is 0 Å². The summed E-state index contributed by atoms with van der Waals surface area (Å²) >= 11 is 0. The van der Waals surface area contributed by atoms with E-state index in [-0.39, 0.29) is 5.41 Å². The molecule has 3 rings (SSSR count). The van der Waals surface area contributed by atoms with Crippen molar-refractivity contribution in [2.45, 2.75) is 37.5 Å². The molecule has 1 aromatic carbocycles. The molecule has 0 saturated carbocycles. The van der Waals surface area contributed by atoms with Crippen molar-refractivity contribution in [2.75, 3.05) is 19.8 Å². The van der Waals surface area contributed by atoms with Gasteiger partial charge in [0.2, 0.25) is 0 Å². The van der Waals surface area contributed by atoms with Crippen LogP contribution in [0.25, 0.3) is 0 Å². The molecule has 2 atom stereocenters. The van der Waals surface area contributed by atoms with Gasteiger partial charge < -0.3 is 10.5 Å². The molecule has 1 aliphatic carbocycles. The highest BCUT2D eigenvalue weighted by molar-refractivity contribution is 5.38. The fourth-order valence-corrected chi connectivity index (χ4v) is 3.93. The van der Waals surface area contributed by atoms with Crippen LogP contribution in [-0.2, 0) is 16.6 Å². The molecular weight excluding hydrogens is 222 g/mol. The van der Waals surface area contributed by atoms with E-state index in [2.05, 4.69) is 24.3 Å². The van der Waals surface area contributed by atoms with Crippen molar-refractivity contribution in [3.8, 4) is 0 Å². The van der Waals surface area contributed by atoms with Gasteiger partial charge in [0.25, 0.3) is 0 Å². The number of hydrogen-bond donors (Lipinski definition) is 1. The van der Waals surface area contributed by atoms with Gasteiger partial charge in [-0.3, -0.25) is 0 Å². The summed E-state index contributed by atoms with van der Waals surface area (Å²) in [7, 11) is 0. The molecule has 1 fully saturated rings. The summed E-state index contributed by atoms with van der Waals surface area (Å²) < 4.78 is 5.72. The maximum absolute atomic E-state index is 6.23. The topological polar surface area (TPSA) is 35.2 Å². The van der Waals surface area contributed by atoms with Crippen LogP contribution >= 0.6 is 0 Å². The predicted molar refractivity (Wildman–Crippen MR) is 73.7 cm³/mol. The van der Waals surface area contributed by atoms with E-state index in [0.29, 0.717) is 5.92 Å². The predicted octanol–water partition coefficient (Wildman–Crippen LogP) is 2.65. The fourth-order valence-electron chi connectivity index (χ4n) is 3.93. The number of ether oxygens (including phenoxy) is 1. The van der Waals surface area contributed by atoms with E-state index in [0.717, 1.165) is 19.8 Å². The van der Waals surface area contributed by atoms with Gasteiger partial charge in [-0.05, 0) is 49.1 Å². The maximum Gasteiger partial charge on any atom is 0.0503 e. The van der Waals surface area contributed by atoms with E-state index < -0.39 is 0 Å². The Morgan fingerprint density at radius 1 is 1.28 bits per heavy atom. The lowest BCUT2D eigenvalue weighted by atomic mass is 9.61. The summed E-state index contributed by atoms with van der Waals surface area (Å²) in [6, 6.07) is 8.90. The van der Waals surface area contributed by atoms with Gasteiger partial charge in [0.1, 0.15) is 0 Å². The van der Waals surface area contributed by atoms with Crippen LogP contribution in [0.1, 0.15) is 36.8 Å². The Morgan fingerprint density at radius 2 is 2.17 bits per heavy atom. The molecule has 1 aromatic rings. The summed E-state index contributed by atoms with van der Waals surface area (Å²) in [5, 5.41) is 0. The average molecular weight is 245 g/mol. The van der Waals surface area contributed by atoms with Gasteiger partial charge >= 0.3 is 0 Å². The summed E-state index contributed by atoms with van der Waals surface area (Å²) in [5.41, 5.74) is 9.43. The van der Waals surface area contributed by atoms with Crippen LogP contribution in [0.5, 0.6) is 0 Å². The van der Waals surface area contributed by atoms with Crippen LogP contribution in [0.2, 0.25) is 0 Å². The quantitative estimate of drug-likeness (QED) is 0.869. The maximum atomic E-state index is 6.23. The van der Waals surface area contributed by atoms with Gasteiger partial charge in [0, 0.05) is 18.6 Å². The van der Waals surface area contributed by atoms with Crippen LogP contribution in [-0.4, -0.2) is 19.8 Å². The lowest BCUT2D eigenvalue weighted by Crippen LogP contribution is -2.47. The van der Waals surface area contributed by atoms with Gasteiger partial charge in [-0.1, -0.05) is 24.3 Å². The highest BCUT2D eigenvalue weighted by Gasteiger charge is 2.42. The zero-order valence-corrected chi connectivity index (χ0v) is 11.0. The Balaban J connectivity index is 2.01. The number of aryl methyl sites for hydroxylation is 1. The van der Waals surface area contributed by atoms with Gasteiger partial charge in [-0.25, -0.2) is 0 Å². The molecule has 1 saturated heterocycles. The number of fused-ring (bicyclic) bond motifs is 1. The van der Waals surface area contributed by atoms with Crippen molar-refractivity contribution in [3.63, 3.8) is 0 Å². The molecule has 1 heterocycles. The van der Waals surface area contributed by atoms with Crippen molar-refractivity contribution in [2.24, 2.45) is 11.7 Å². The zero-order chi connectivity index (χ0) is 12.4. The molecule has 0 amide bonds. The Kier molecular flexibility index (Phi) is 3.40. The molecule has 98 valence electrons. The third kappa shape index (κ3) is 1.88. The minimum Gasteiger partial charge on any atom is -0.381 e. The van der Waals surface area contributed by atoms with E-state index in [1.54, 1.807) is 0 Å². The average Bonchev–Trinajstić information content (AvgIpc) is 2.47. The molecule has 0 bridgehead atoms. The van der Waals surface area contributed by atoms with Gasteiger partial charge in [-0.15, -0.1) is 0 Å². The second-order valence-corrected chi connectivity index (χ2v) is 5.79. The molecule has 0 spiro atoms. The van der Waals surface area contributed by atoms with Crippen LogP contribution in [0, 0.1) is 5.92 Å². The van der Waals surface area contributed by atoms with Crippen molar-refractivity contribution < 1.29 is 4.74 Å². The van der Waals surface area contributed by atoms with Crippen LogP contribution in [0.15, 0.2) is 24.3 Å². The third-order valence-corrected chi connectivity index (χ3v) is 4.93. The summed E-state index contributed by atoms with van der Waals surface area (Å²) in [6.45, 7) is 2.59. The van der Waals surface area contributed by atoms with Crippen LogP contribution < -0.4 is 5.73 Å². The first-order valence-corrected chi connectivity index (χ1v) is 7.23. The Labute approximate surface area is 110 Å². The second-order valence-electron chi connectivity index (χ2n) is 5.79. The van der Waals surface area contributed by atoms with Crippen LogP contribution in [0.4, 0.5) is 0 Å². The number of benzene rings is 1. The highest BCUT2D eigenvalue weighted by Crippen LogP contribution is 2.44. The molecule has 2 N–H and O–H groups in total.